The zero-order chi connectivity index (χ0) is 18.7. The highest BCUT2D eigenvalue weighted by molar-refractivity contribution is 7.90. The van der Waals surface area contributed by atoms with Crippen LogP contribution in [0, 0.1) is 6.92 Å². The molecule has 1 aliphatic rings. The van der Waals surface area contributed by atoms with E-state index in [1.807, 2.05) is 6.07 Å². The highest BCUT2D eigenvalue weighted by atomic mass is 32.2. The van der Waals surface area contributed by atoms with E-state index in [-0.39, 0.29) is 6.10 Å². The van der Waals surface area contributed by atoms with Crippen molar-refractivity contribution in [2.24, 2.45) is 0 Å². The summed E-state index contributed by atoms with van der Waals surface area (Å²) in [4.78, 5) is 2.64. The first-order valence-corrected chi connectivity index (χ1v) is 10.7. The minimum atomic E-state index is -3.17. The molecule has 0 spiro atoms. The first-order valence-electron chi connectivity index (χ1n) is 8.78. The van der Waals surface area contributed by atoms with Crippen LogP contribution in [0.15, 0.2) is 47.4 Å². The lowest BCUT2D eigenvalue weighted by Gasteiger charge is -2.35. The summed E-state index contributed by atoms with van der Waals surface area (Å²) in [6.07, 6.45) is 2.23. The fourth-order valence-electron chi connectivity index (χ4n) is 3.08. The van der Waals surface area contributed by atoms with Gasteiger partial charge in [-0.05, 0) is 62.2 Å². The number of nitrogens with zero attached hydrogens (tertiary/aromatic N) is 1. The SMILES string of the molecule is Cc1ccc2c(c1)N(CCCOc1ccc(S(C)(=O)=O)cc1)CC(C)O2. The van der Waals surface area contributed by atoms with E-state index in [1.54, 1.807) is 24.3 Å². The second kappa shape index (κ2) is 7.58. The molecular formula is C20H25NO4S. The van der Waals surface area contributed by atoms with Crippen LogP contribution in [0.2, 0.25) is 0 Å². The highest BCUT2D eigenvalue weighted by Crippen LogP contribution is 2.34. The van der Waals surface area contributed by atoms with Crippen LogP contribution in [0.3, 0.4) is 0 Å². The maximum atomic E-state index is 11.5. The molecule has 140 valence electrons. The summed E-state index contributed by atoms with van der Waals surface area (Å²) >= 11 is 0. The van der Waals surface area contributed by atoms with Gasteiger partial charge in [0.2, 0.25) is 0 Å². The number of anilines is 1. The van der Waals surface area contributed by atoms with Crippen LogP contribution < -0.4 is 14.4 Å². The molecule has 1 atom stereocenters. The van der Waals surface area contributed by atoms with E-state index in [2.05, 4.69) is 30.9 Å². The molecule has 0 aromatic heterocycles. The predicted octanol–water partition coefficient (Wildman–Crippen LogP) is 3.45. The van der Waals surface area contributed by atoms with Crippen molar-refractivity contribution in [3.63, 3.8) is 0 Å². The number of hydrogen-bond donors (Lipinski definition) is 0. The second-order valence-electron chi connectivity index (χ2n) is 6.79. The Kier molecular flexibility index (Phi) is 5.41. The van der Waals surface area contributed by atoms with E-state index in [0.29, 0.717) is 17.3 Å². The number of sulfone groups is 1. The van der Waals surface area contributed by atoms with Crippen molar-refractivity contribution in [2.45, 2.75) is 31.3 Å². The number of rotatable bonds is 6. The zero-order valence-electron chi connectivity index (χ0n) is 15.4. The molecule has 0 aliphatic carbocycles. The van der Waals surface area contributed by atoms with Gasteiger partial charge in [0, 0.05) is 12.8 Å². The Bertz CT molecular complexity index is 862. The average Bonchev–Trinajstić information content (AvgIpc) is 2.58. The third-order valence-electron chi connectivity index (χ3n) is 4.35. The van der Waals surface area contributed by atoms with Gasteiger partial charge < -0.3 is 14.4 Å². The molecule has 26 heavy (non-hydrogen) atoms. The van der Waals surface area contributed by atoms with E-state index in [1.165, 1.54) is 11.8 Å². The Labute approximate surface area is 155 Å². The van der Waals surface area contributed by atoms with Gasteiger partial charge in [-0.2, -0.15) is 0 Å². The lowest BCUT2D eigenvalue weighted by Crippen LogP contribution is -2.39. The molecule has 2 aromatic rings. The van der Waals surface area contributed by atoms with E-state index < -0.39 is 9.84 Å². The number of benzene rings is 2. The third kappa shape index (κ3) is 4.49. The molecular weight excluding hydrogens is 350 g/mol. The number of aryl methyl sites for hydroxylation is 1. The van der Waals surface area contributed by atoms with Crippen LogP contribution >= 0.6 is 0 Å². The van der Waals surface area contributed by atoms with Gasteiger partial charge in [0.15, 0.2) is 9.84 Å². The van der Waals surface area contributed by atoms with Gasteiger partial charge in [-0.1, -0.05) is 6.07 Å². The monoisotopic (exact) mass is 375 g/mol. The Morgan fingerprint density at radius 1 is 1.19 bits per heavy atom. The molecule has 2 aromatic carbocycles. The predicted molar refractivity (Wildman–Crippen MR) is 103 cm³/mol. The quantitative estimate of drug-likeness (QED) is 0.724. The van der Waals surface area contributed by atoms with Crippen LogP contribution in [0.1, 0.15) is 18.9 Å². The number of fused-ring (bicyclic) bond motifs is 1. The van der Waals surface area contributed by atoms with Crippen LogP contribution in [-0.2, 0) is 9.84 Å². The van der Waals surface area contributed by atoms with Crippen LogP contribution in [-0.4, -0.2) is 40.5 Å². The smallest absolute Gasteiger partial charge is 0.175 e. The number of hydrogen-bond acceptors (Lipinski definition) is 5. The summed E-state index contributed by atoms with van der Waals surface area (Å²) in [6.45, 7) is 6.48. The summed E-state index contributed by atoms with van der Waals surface area (Å²) in [5, 5.41) is 0. The highest BCUT2D eigenvalue weighted by Gasteiger charge is 2.22. The van der Waals surface area contributed by atoms with Crippen LogP contribution in [0.4, 0.5) is 5.69 Å². The molecule has 0 N–H and O–H groups in total. The van der Waals surface area contributed by atoms with E-state index >= 15 is 0 Å². The Morgan fingerprint density at radius 2 is 1.92 bits per heavy atom. The van der Waals surface area contributed by atoms with Crippen molar-refractivity contribution in [3.05, 3.63) is 48.0 Å². The lowest BCUT2D eigenvalue weighted by molar-refractivity contribution is 0.210. The maximum absolute atomic E-state index is 11.5. The molecule has 0 amide bonds. The van der Waals surface area contributed by atoms with Crippen LogP contribution in [0.5, 0.6) is 11.5 Å². The molecule has 1 heterocycles. The Morgan fingerprint density at radius 3 is 2.62 bits per heavy atom. The molecule has 0 saturated heterocycles. The van der Waals surface area contributed by atoms with Crippen molar-refractivity contribution in [1.29, 1.82) is 0 Å². The summed E-state index contributed by atoms with van der Waals surface area (Å²) in [5.41, 5.74) is 2.36. The van der Waals surface area contributed by atoms with Crippen molar-refractivity contribution < 1.29 is 17.9 Å². The summed E-state index contributed by atoms with van der Waals surface area (Å²) in [5.74, 6) is 1.62. The summed E-state index contributed by atoms with van der Waals surface area (Å²) < 4.78 is 34.6. The minimum absolute atomic E-state index is 0.162. The van der Waals surface area contributed by atoms with Gasteiger partial charge >= 0.3 is 0 Å². The molecule has 6 heteroatoms. The molecule has 3 rings (SSSR count). The van der Waals surface area contributed by atoms with Gasteiger partial charge in [0.25, 0.3) is 0 Å². The zero-order valence-corrected chi connectivity index (χ0v) is 16.3. The van der Waals surface area contributed by atoms with Crippen molar-refractivity contribution in [1.82, 2.24) is 0 Å². The van der Waals surface area contributed by atoms with E-state index in [9.17, 15) is 8.42 Å². The molecule has 0 fully saturated rings. The third-order valence-corrected chi connectivity index (χ3v) is 5.48. The molecule has 0 saturated carbocycles. The fraction of sp³-hybridized carbons (Fsp3) is 0.400. The summed E-state index contributed by atoms with van der Waals surface area (Å²) in [6, 6.07) is 12.8. The molecule has 0 radical (unpaired) electrons. The second-order valence-corrected chi connectivity index (χ2v) is 8.81. The maximum Gasteiger partial charge on any atom is 0.175 e. The van der Waals surface area contributed by atoms with Gasteiger partial charge in [-0.3, -0.25) is 0 Å². The molecule has 5 nitrogen and oxygen atoms in total. The molecule has 0 bridgehead atoms. The van der Waals surface area contributed by atoms with Crippen molar-refractivity contribution in [3.8, 4) is 11.5 Å². The van der Waals surface area contributed by atoms with Crippen molar-refractivity contribution in [2.75, 3.05) is 30.9 Å². The first-order chi connectivity index (χ1) is 12.3. The fourth-order valence-corrected chi connectivity index (χ4v) is 3.71. The Hall–Kier alpha value is -2.21. The summed E-state index contributed by atoms with van der Waals surface area (Å²) in [7, 11) is -3.17. The van der Waals surface area contributed by atoms with Crippen LogP contribution in [0.25, 0.3) is 0 Å². The largest absolute Gasteiger partial charge is 0.494 e. The standard InChI is InChI=1S/C20H25NO4S/c1-15-5-10-20-19(13-15)21(14-16(2)25-20)11-4-12-24-17-6-8-18(9-7-17)26(3,22)23/h5-10,13,16H,4,11-12,14H2,1-3H3. The lowest BCUT2D eigenvalue weighted by atomic mass is 10.1. The van der Waals surface area contributed by atoms with Gasteiger partial charge in [-0.15, -0.1) is 0 Å². The number of ether oxygens (including phenoxy) is 2. The normalized spacial score (nSPS) is 16.7. The van der Waals surface area contributed by atoms with E-state index in [0.717, 1.165) is 30.9 Å². The average molecular weight is 375 g/mol. The first kappa shape index (κ1) is 18.6. The molecule has 1 aliphatic heterocycles. The minimum Gasteiger partial charge on any atom is -0.494 e. The van der Waals surface area contributed by atoms with E-state index in [4.69, 9.17) is 9.47 Å². The van der Waals surface area contributed by atoms with Gasteiger partial charge in [0.05, 0.1) is 23.7 Å². The van der Waals surface area contributed by atoms with Crippen molar-refractivity contribution >= 4 is 15.5 Å². The topological polar surface area (TPSA) is 55.8 Å². The van der Waals surface area contributed by atoms with Gasteiger partial charge in [0.1, 0.15) is 17.6 Å². The van der Waals surface area contributed by atoms with Gasteiger partial charge in [-0.25, -0.2) is 8.42 Å². The Balaban J connectivity index is 1.55. The molecule has 1 unspecified atom stereocenters.